The van der Waals surface area contributed by atoms with Crippen LogP contribution in [0.15, 0.2) is 42.7 Å². The van der Waals surface area contributed by atoms with E-state index in [1.165, 1.54) is 0 Å². The number of aldehydes is 1. The predicted molar refractivity (Wildman–Crippen MR) is 65.8 cm³/mol. The molecule has 88 valence electrons. The maximum atomic E-state index is 11.8. The standard InChI is InChI=1S/C13H9N3O2/c17-8-11(18)13-10-4-2-1-3-9(10)7-16(13)12-5-6-14-15-12/h1-8H,(H,14,15). The molecule has 5 heteroatoms. The fourth-order valence-electron chi connectivity index (χ4n) is 2.04. The number of fused-ring (bicyclic) bond motifs is 1. The molecule has 18 heavy (non-hydrogen) atoms. The molecule has 0 atom stereocenters. The van der Waals surface area contributed by atoms with Gasteiger partial charge in [-0.2, -0.15) is 5.10 Å². The number of hydrogen-bond donors (Lipinski definition) is 1. The van der Waals surface area contributed by atoms with Gasteiger partial charge in [-0.3, -0.25) is 19.3 Å². The van der Waals surface area contributed by atoms with Crippen molar-refractivity contribution in [2.24, 2.45) is 0 Å². The molecule has 2 aromatic heterocycles. The number of aromatic nitrogens is 3. The molecule has 0 saturated carbocycles. The Morgan fingerprint density at radius 1 is 1.28 bits per heavy atom. The van der Waals surface area contributed by atoms with E-state index in [1.807, 2.05) is 24.3 Å². The highest BCUT2D eigenvalue weighted by atomic mass is 16.2. The summed E-state index contributed by atoms with van der Waals surface area (Å²) in [6.45, 7) is 0. The maximum absolute atomic E-state index is 11.8. The lowest BCUT2D eigenvalue weighted by atomic mass is 10.1. The summed E-state index contributed by atoms with van der Waals surface area (Å²) < 4.78 is 1.65. The summed E-state index contributed by atoms with van der Waals surface area (Å²) in [7, 11) is 0. The summed E-state index contributed by atoms with van der Waals surface area (Å²) >= 11 is 0. The van der Waals surface area contributed by atoms with Crippen molar-refractivity contribution >= 4 is 22.8 Å². The molecule has 0 unspecified atom stereocenters. The quantitative estimate of drug-likeness (QED) is 0.430. The molecule has 2 heterocycles. The van der Waals surface area contributed by atoms with Crippen LogP contribution in [-0.2, 0) is 4.79 Å². The lowest BCUT2D eigenvalue weighted by Gasteiger charge is -2.02. The highest BCUT2D eigenvalue weighted by Gasteiger charge is 2.17. The molecule has 0 aliphatic carbocycles. The number of ketones is 1. The SMILES string of the molecule is O=CC(=O)c1c2ccccc2cn1-c1ccn[nH]1. The molecule has 0 saturated heterocycles. The topological polar surface area (TPSA) is 67.8 Å². The minimum absolute atomic E-state index is 0.328. The molecular formula is C13H9N3O2. The van der Waals surface area contributed by atoms with Crippen LogP contribution in [0.3, 0.4) is 0 Å². The first-order valence-electron chi connectivity index (χ1n) is 5.40. The second-order valence-corrected chi connectivity index (χ2v) is 3.86. The van der Waals surface area contributed by atoms with Crippen LogP contribution in [-0.4, -0.2) is 26.8 Å². The van der Waals surface area contributed by atoms with Crippen LogP contribution in [0, 0.1) is 0 Å². The molecule has 3 rings (SSSR count). The van der Waals surface area contributed by atoms with Gasteiger partial charge in [0, 0.05) is 23.0 Å². The number of nitrogens with one attached hydrogen (secondary N) is 1. The molecular weight excluding hydrogens is 230 g/mol. The van der Waals surface area contributed by atoms with Crippen LogP contribution < -0.4 is 0 Å². The number of carbonyl (C=O) groups is 2. The number of H-pyrrole nitrogens is 1. The highest BCUT2D eigenvalue weighted by molar-refractivity contribution is 6.36. The second-order valence-electron chi connectivity index (χ2n) is 3.86. The van der Waals surface area contributed by atoms with E-state index in [2.05, 4.69) is 10.2 Å². The fourth-order valence-corrected chi connectivity index (χ4v) is 2.04. The van der Waals surface area contributed by atoms with Gasteiger partial charge in [0.15, 0.2) is 6.29 Å². The van der Waals surface area contributed by atoms with E-state index < -0.39 is 5.78 Å². The first-order chi connectivity index (χ1) is 8.81. The van der Waals surface area contributed by atoms with Crippen molar-refractivity contribution in [1.29, 1.82) is 0 Å². The average Bonchev–Trinajstić information content (AvgIpc) is 3.04. The Morgan fingerprint density at radius 3 is 2.83 bits per heavy atom. The van der Waals surface area contributed by atoms with Gasteiger partial charge in [-0.15, -0.1) is 0 Å². The van der Waals surface area contributed by atoms with Gasteiger partial charge in [0.2, 0.25) is 5.78 Å². The molecule has 0 spiro atoms. The van der Waals surface area contributed by atoms with Crippen LogP contribution in [0.1, 0.15) is 10.5 Å². The zero-order chi connectivity index (χ0) is 12.5. The molecule has 0 fully saturated rings. The molecule has 0 aliphatic rings. The van der Waals surface area contributed by atoms with E-state index in [0.29, 0.717) is 17.8 Å². The molecule has 0 bridgehead atoms. The number of hydrogen-bond acceptors (Lipinski definition) is 3. The minimum atomic E-state index is -0.550. The molecule has 0 aliphatic heterocycles. The third-order valence-electron chi connectivity index (χ3n) is 2.81. The number of nitrogens with zero attached hydrogens (tertiary/aromatic N) is 2. The van der Waals surface area contributed by atoms with E-state index in [9.17, 15) is 9.59 Å². The van der Waals surface area contributed by atoms with Gasteiger partial charge in [0.25, 0.3) is 0 Å². The van der Waals surface area contributed by atoms with Gasteiger partial charge < -0.3 is 0 Å². The van der Waals surface area contributed by atoms with Crippen molar-refractivity contribution in [3.63, 3.8) is 0 Å². The van der Waals surface area contributed by atoms with Crippen LogP contribution >= 0.6 is 0 Å². The van der Waals surface area contributed by atoms with Crippen LogP contribution in [0.2, 0.25) is 0 Å². The first kappa shape index (κ1) is 10.5. The van der Waals surface area contributed by atoms with Crippen molar-refractivity contribution in [3.8, 4) is 5.82 Å². The maximum Gasteiger partial charge on any atom is 0.242 e. The van der Waals surface area contributed by atoms with E-state index in [4.69, 9.17) is 0 Å². The lowest BCUT2D eigenvalue weighted by molar-refractivity contribution is -0.104. The molecule has 0 amide bonds. The van der Waals surface area contributed by atoms with E-state index in [1.54, 1.807) is 23.0 Å². The average molecular weight is 239 g/mol. The smallest absolute Gasteiger partial charge is 0.242 e. The Balaban J connectivity index is 2.37. The Labute approximate surface area is 102 Å². The van der Waals surface area contributed by atoms with E-state index in [0.717, 1.165) is 10.8 Å². The van der Waals surface area contributed by atoms with Crippen LogP contribution in [0.4, 0.5) is 0 Å². The summed E-state index contributed by atoms with van der Waals surface area (Å²) in [5.41, 5.74) is 0.352. The van der Waals surface area contributed by atoms with Gasteiger partial charge in [-0.1, -0.05) is 24.3 Å². The Kier molecular flexibility index (Phi) is 2.30. The highest BCUT2D eigenvalue weighted by Crippen LogP contribution is 2.23. The Bertz CT molecular complexity index is 726. The third-order valence-corrected chi connectivity index (χ3v) is 2.81. The zero-order valence-corrected chi connectivity index (χ0v) is 9.33. The minimum Gasteiger partial charge on any atom is -0.297 e. The third kappa shape index (κ3) is 1.45. The van der Waals surface area contributed by atoms with Crippen LogP contribution in [0.5, 0.6) is 0 Å². The molecule has 5 nitrogen and oxygen atoms in total. The molecule has 1 N–H and O–H groups in total. The summed E-state index contributed by atoms with van der Waals surface area (Å²) in [6.07, 6.45) is 3.73. The van der Waals surface area contributed by atoms with Crippen LogP contribution in [0.25, 0.3) is 16.6 Å². The van der Waals surface area contributed by atoms with Gasteiger partial charge in [0.05, 0.1) is 6.20 Å². The van der Waals surface area contributed by atoms with Crippen molar-refractivity contribution in [1.82, 2.24) is 14.8 Å². The number of benzene rings is 1. The van der Waals surface area contributed by atoms with Crippen molar-refractivity contribution in [2.75, 3.05) is 0 Å². The Hall–Kier alpha value is -2.69. The van der Waals surface area contributed by atoms with Crippen molar-refractivity contribution in [3.05, 3.63) is 48.4 Å². The van der Waals surface area contributed by atoms with Gasteiger partial charge in [-0.25, -0.2) is 0 Å². The zero-order valence-electron chi connectivity index (χ0n) is 9.33. The predicted octanol–water partition coefficient (Wildman–Crippen LogP) is 1.74. The van der Waals surface area contributed by atoms with Crippen molar-refractivity contribution < 1.29 is 9.59 Å². The summed E-state index contributed by atoms with van der Waals surface area (Å²) in [4.78, 5) is 22.6. The lowest BCUT2D eigenvalue weighted by Crippen LogP contribution is -2.08. The summed E-state index contributed by atoms with van der Waals surface area (Å²) in [6, 6.07) is 9.17. The van der Waals surface area contributed by atoms with E-state index in [-0.39, 0.29) is 0 Å². The normalized spacial score (nSPS) is 10.7. The number of rotatable bonds is 3. The molecule has 3 aromatic rings. The van der Waals surface area contributed by atoms with Gasteiger partial charge in [0.1, 0.15) is 11.5 Å². The second kappa shape index (κ2) is 3.96. The summed E-state index contributed by atoms with van der Waals surface area (Å²) in [5, 5.41) is 8.28. The number of aromatic amines is 1. The van der Waals surface area contributed by atoms with Gasteiger partial charge >= 0.3 is 0 Å². The first-order valence-corrected chi connectivity index (χ1v) is 5.40. The van der Waals surface area contributed by atoms with Gasteiger partial charge in [-0.05, 0) is 0 Å². The Morgan fingerprint density at radius 2 is 2.11 bits per heavy atom. The summed E-state index contributed by atoms with van der Waals surface area (Å²) in [5.74, 6) is 0.0993. The van der Waals surface area contributed by atoms with E-state index >= 15 is 0 Å². The molecule has 0 radical (unpaired) electrons. The largest absolute Gasteiger partial charge is 0.297 e. The number of Topliss-reactive ketones (excluding diaryl/α,β-unsaturated/α-hetero) is 1. The fraction of sp³-hybridized carbons (Fsp3) is 0. The number of carbonyl (C=O) groups excluding carboxylic acids is 2. The van der Waals surface area contributed by atoms with Crippen molar-refractivity contribution in [2.45, 2.75) is 0 Å². The monoisotopic (exact) mass is 239 g/mol. The molecule has 1 aromatic carbocycles.